The number of halogens is 5. The van der Waals surface area contributed by atoms with Gasteiger partial charge >= 0.3 is 0 Å². The molecule has 1 nitrogen and oxygen atoms in total. The number of thiol groups is 1. The molecule has 0 spiro atoms. The van der Waals surface area contributed by atoms with E-state index in [1.165, 1.54) is 0 Å². The first-order chi connectivity index (χ1) is 6.91. The molecule has 84 valence electrons. The fourth-order valence-electron chi connectivity index (χ4n) is 1.07. The van der Waals surface area contributed by atoms with E-state index in [-0.39, 0.29) is 0 Å². The zero-order valence-corrected chi connectivity index (χ0v) is 8.39. The lowest BCUT2D eigenvalue weighted by Crippen LogP contribution is -2.13. The molecule has 1 aromatic carbocycles. The van der Waals surface area contributed by atoms with E-state index in [0.29, 0.717) is 7.05 Å². The Bertz CT molecular complexity index is 364. The average molecular weight is 243 g/mol. The van der Waals surface area contributed by atoms with Crippen LogP contribution in [0.3, 0.4) is 0 Å². The molecular formula is C8H6F5NS. The van der Waals surface area contributed by atoms with Crippen molar-refractivity contribution in [3.05, 3.63) is 28.8 Å². The molecule has 0 N–H and O–H groups in total. The number of nitrogens with zero attached hydrogens (tertiary/aromatic N) is 1. The van der Waals surface area contributed by atoms with Crippen molar-refractivity contribution < 1.29 is 22.0 Å². The lowest BCUT2D eigenvalue weighted by Gasteiger charge is -2.13. The Morgan fingerprint density at radius 2 is 1.40 bits per heavy atom. The molecule has 0 aromatic heterocycles. The molecule has 0 amide bonds. The van der Waals surface area contributed by atoms with Crippen molar-refractivity contribution in [1.29, 1.82) is 0 Å². The third-order valence-electron chi connectivity index (χ3n) is 1.80. The maximum atomic E-state index is 13.0. The number of benzene rings is 1. The van der Waals surface area contributed by atoms with Gasteiger partial charge in [-0.1, -0.05) is 0 Å². The zero-order chi connectivity index (χ0) is 11.7. The van der Waals surface area contributed by atoms with E-state index in [1.54, 1.807) is 0 Å². The second-order valence-corrected chi connectivity index (χ2v) is 3.03. The molecule has 0 unspecified atom stereocenters. The van der Waals surface area contributed by atoms with Crippen molar-refractivity contribution in [3.63, 3.8) is 0 Å². The Kier molecular flexibility index (Phi) is 3.43. The Labute approximate surface area is 87.8 Å². The summed E-state index contributed by atoms with van der Waals surface area (Å²) in [5, 5.41) is -0.529. The van der Waals surface area contributed by atoms with Crippen molar-refractivity contribution in [1.82, 2.24) is 0 Å². The second-order valence-electron chi connectivity index (χ2n) is 2.72. The third-order valence-corrected chi connectivity index (χ3v) is 2.11. The fraction of sp³-hybridized carbons (Fsp3) is 0.250. The molecule has 0 aliphatic rings. The van der Waals surface area contributed by atoms with E-state index >= 15 is 0 Å². The SMILES string of the molecule is CN(F)c1c(F)c(F)c(CS)c(F)c1F. The molecule has 0 saturated carbocycles. The zero-order valence-electron chi connectivity index (χ0n) is 7.49. The molecule has 0 aliphatic carbocycles. The number of hydrogen-bond donors (Lipinski definition) is 1. The van der Waals surface area contributed by atoms with Crippen LogP contribution in [0.15, 0.2) is 0 Å². The van der Waals surface area contributed by atoms with E-state index < -0.39 is 45.4 Å². The predicted molar refractivity (Wildman–Crippen MR) is 48.5 cm³/mol. The van der Waals surface area contributed by atoms with Gasteiger partial charge in [0.25, 0.3) is 0 Å². The lowest BCUT2D eigenvalue weighted by atomic mass is 10.1. The fourth-order valence-corrected chi connectivity index (χ4v) is 1.35. The van der Waals surface area contributed by atoms with Gasteiger partial charge in [-0.05, 0) is 0 Å². The van der Waals surface area contributed by atoms with Gasteiger partial charge in [-0.15, -0.1) is 4.48 Å². The second kappa shape index (κ2) is 4.26. The molecular weight excluding hydrogens is 237 g/mol. The van der Waals surface area contributed by atoms with Gasteiger partial charge in [0.1, 0.15) is 5.69 Å². The lowest BCUT2D eigenvalue weighted by molar-refractivity contribution is 0.405. The highest BCUT2D eigenvalue weighted by Gasteiger charge is 2.26. The topological polar surface area (TPSA) is 3.24 Å². The van der Waals surface area contributed by atoms with E-state index in [1.807, 2.05) is 0 Å². The largest absolute Gasteiger partial charge is 0.209 e. The molecule has 1 aromatic rings. The molecule has 7 heteroatoms. The molecule has 0 fully saturated rings. The van der Waals surface area contributed by atoms with Crippen LogP contribution in [0.25, 0.3) is 0 Å². The van der Waals surface area contributed by atoms with Gasteiger partial charge in [0, 0.05) is 18.4 Å². The molecule has 0 bridgehead atoms. The highest BCUT2D eigenvalue weighted by atomic mass is 32.1. The molecule has 0 heterocycles. The first kappa shape index (κ1) is 12.1. The van der Waals surface area contributed by atoms with Gasteiger partial charge in [0.05, 0.1) is 0 Å². The van der Waals surface area contributed by atoms with Gasteiger partial charge in [0.2, 0.25) is 0 Å². The van der Waals surface area contributed by atoms with Crippen LogP contribution in [-0.4, -0.2) is 7.05 Å². The minimum atomic E-state index is -1.78. The Morgan fingerprint density at radius 1 is 1.00 bits per heavy atom. The van der Waals surface area contributed by atoms with Gasteiger partial charge < -0.3 is 0 Å². The van der Waals surface area contributed by atoms with Crippen LogP contribution in [0.2, 0.25) is 0 Å². The maximum Gasteiger partial charge on any atom is 0.188 e. The minimum Gasteiger partial charge on any atom is -0.209 e. The van der Waals surface area contributed by atoms with Crippen LogP contribution in [0, 0.1) is 23.3 Å². The highest BCUT2D eigenvalue weighted by Crippen LogP contribution is 2.31. The van der Waals surface area contributed by atoms with Crippen molar-refractivity contribution in [2.75, 3.05) is 12.2 Å². The smallest absolute Gasteiger partial charge is 0.188 e. The summed E-state index contributed by atoms with van der Waals surface area (Å²) in [6, 6.07) is 0. The molecule has 0 atom stereocenters. The van der Waals surface area contributed by atoms with Crippen molar-refractivity contribution in [2.24, 2.45) is 0 Å². The highest BCUT2D eigenvalue weighted by molar-refractivity contribution is 7.79. The molecule has 1 rings (SSSR count). The minimum absolute atomic E-state index is 0.526. The number of rotatable bonds is 2. The van der Waals surface area contributed by atoms with Crippen LogP contribution < -0.4 is 5.12 Å². The van der Waals surface area contributed by atoms with Crippen molar-refractivity contribution in [3.8, 4) is 0 Å². The van der Waals surface area contributed by atoms with Crippen molar-refractivity contribution in [2.45, 2.75) is 5.75 Å². The van der Waals surface area contributed by atoms with Gasteiger partial charge in [-0.3, -0.25) is 0 Å². The quantitative estimate of drug-likeness (QED) is 0.361. The van der Waals surface area contributed by atoms with Gasteiger partial charge in [-0.25, -0.2) is 22.7 Å². The summed E-state index contributed by atoms with van der Waals surface area (Å²) in [7, 11) is 0.626. The Balaban J connectivity index is 3.59. The van der Waals surface area contributed by atoms with Gasteiger partial charge in [-0.2, -0.15) is 12.6 Å². The van der Waals surface area contributed by atoms with Crippen molar-refractivity contribution >= 4 is 18.3 Å². The van der Waals surface area contributed by atoms with E-state index in [2.05, 4.69) is 12.6 Å². The number of hydrogen-bond acceptors (Lipinski definition) is 2. The van der Waals surface area contributed by atoms with Crippen LogP contribution >= 0.6 is 12.6 Å². The monoisotopic (exact) mass is 243 g/mol. The van der Waals surface area contributed by atoms with Crippen LogP contribution in [0.1, 0.15) is 5.56 Å². The summed E-state index contributed by atoms with van der Waals surface area (Å²) in [6.07, 6.45) is 0. The average Bonchev–Trinajstić information content (AvgIpc) is 2.16. The summed E-state index contributed by atoms with van der Waals surface area (Å²) in [5.41, 5.74) is -2.26. The summed E-state index contributed by atoms with van der Waals surface area (Å²) < 4.78 is 64.7. The molecule has 0 radical (unpaired) electrons. The first-order valence-corrected chi connectivity index (χ1v) is 4.40. The maximum absolute atomic E-state index is 13.0. The number of anilines is 1. The first-order valence-electron chi connectivity index (χ1n) is 3.77. The standard InChI is InChI=1S/C8H6F5NS/c1-14(13)8-6(11)4(9)3(2-15)5(10)7(8)12/h15H,2H2,1H3. The van der Waals surface area contributed by atoms with Crippen LogP contribution in [-0.2, 0) is 5.75 Å². The van der Waals surface area contributed by atoms with Gasteiger partial charge in [0.15, 0.2) is 23.3 Å². The van der Waals surface area contributed by atoms with Crippen LogP contribution in [0.5, 0.6) is 0 Å². The van der Waals surface area contributed by atoms with Crippen LogP contribution in [0.4, 0.5) is 27.7 Å². The third kappa shape index (κ3) is 1.88. The Morgan fingerprint density at radius 3 is 1.67 bits per heavy atom. The summed E-state index contributed by atoms with van der Waals surface area (Å²) >= 11 is 3.51. The van der Waals surface area contributed by atoms with E-state index in [4.69, 9.17) is 0 Å². The molecule has 0 aliphatic heterocycles. The molecule has 0 saturated heterocycles. The normalized spacial score (nSPS) is 10.6. The molecule has 15 heavy (non-hydrogen) atoms. The summed E-state index contributed by atoms with van der Waals surface area (Å²) in [6.45, 7) is 0. The summed E-state index contributed by atoms with van der Waals surface area (Å²) in [4.78, 5) is 0. The van der Waals surface area contributed by atoms with E-state index in [0.717, 1.165) is 0 Å². The Hall–Kier alpha value is -0.980. The van der Waals surface area contributed by atoms with E-state index in [9.17, 15) is 22.0 Å². The summed E-state index contributed by atoms with van der Waals surface area (Å²) in [5.74, 6) is -7.35. The predicted octanol–water partition coefficient (Wildman–Crippen LogP) is 2.99.